The van der Waals surface area contributed by atoms with Crippen LogP contribution in [0.25, 0.3) is 10.6 Å². The van der Waals surface area contributed by atoms with Crippen LogP contribution in [0.3, 0.4) is 0 Å². The highest BCUT2D eigenvalue weighted by molar-refractivity contribution is 7.15. The number of nitrogens with zero attached hydrogens (tertiary/aromatic N) is 5. The van der Waals surface area contributed by atoms with Gasteiger partial charge in [0.1, 0.15) is 5.82 Å². The van der Waals surface area contributed by atoms with E-state index in [4.69, 9.17) is 10.5 Å². The van der Waals surface area contributed by atoms with E-state index in [-0.39, 0.29) is 5.60 Å². The number of nitrogens with two attached hydrogens (primary N) is 1. The van der Waals surface area contributed by atoms with Crippen molar-refractivity contribution in [2.75, 3.05) is 30.3 Å². The largest absolute Gasteiger partial charge is 0.370 e. The maximum absolute atomic E-state index is 6.40. The monoisotopic (exact) mass is 394 g/mol. The second-order valence-corrected chi connectivity index (χ2v) is 8.48. The van der Waals surface area contributed by atoms with Crippen molar-refractivity contribution in [2.45, 2.75) is 31.8 Å². The van der Waals surface area contributed by atoms with Crippen LogP contribution in [-0.2, 0) is 16.8 Å². The summed E-state index contributed by atoms with van der Waals surface area (Å²) in [6.45, 7) is 4.48. The Balaban J connectivity index is 1.42. The van der Waals surface area contributed by atoms with E-state index >= 15 is 0 Å². The second-order valence-electron chi connectivity index (χ2n) is 7.34. The molecular formula is C20H22N6OS. The molecule has 144 valence electrons. The first kappa shape index (κ1) is 17.5. The molecule has 0 atom stereocenters. The Labute approximate surface area is 167 Å². The molecule has 7 nitrogen and oxygen atoms in total. The molecule has 28 heavy (non-hydrogen) atoms. The molecule has 1 saturated heterocycles. The lowest BCUT2D eigenvalue weighted by Gasteiger charge is -2.44. The molecule has 0 aliphatic carbocycles. The van der Waals surface area contributed by atoms with E-state index in [2.05, 4.69) is 30.9 Å². The summed E-state index contributed by atoms with van der Waals surface area (Å²) in [5.41, 5.74) is 8.79. The molecule has 2 aliphatic rings. The van der Waals surface area contributed by atoms with Crippen LogP contribution in [0.15, 0.2) is 30.7 Å². The van der Waals surface area contributed by atoms with Crippen LogP contribution in [0.1, 0.15) is 29.0 Å². The molecule has 8 heteroatoms. The van der Waals surface area contributed by atoms with E-state index in [9.17, 15) is 0 Å². The van der Waals surface area contributed by atoms with Crippen molar-refractivity contribution >= 4 is 23.1 Å². The van der Waals surface area contributed by atoms with Crippen molar-refractivity contribution < 1.29 is 4.74 Å². The summed E-state index contributed by atoms with van der Waals surface area (Å²) in [7, 11) is 0. The first-order chi connectivity index (χ1) is 13.6. The zero-order valence-corrected chi connectivity index (χ0v) is 16.6. The average Bonchev–Trinajstić information content (AvgIpc) is 3.15. The van der Waals surface area contributed by atoms with E-state index in [0.717, 1.165) is 56.2 Å². The minimum absolute atomic E-state index is 0.214. The molecule has 0 saturated carbocycles. The SMILES string of the molecule is Cc1cc(N2CCC3(CC2)OCCc2sc(-c4cnccn4)cc23)nc(N)n1. The van der Waals surface area contributed by atoms with Gasteiger partial charge in [0.05, 0.1) is 29.0 Å². The van der Waals surface area contributed by atoms with Gasteiger partial charge in [0.2, 0.25) is 5.95 Å². The van der Waals surface area contributed by atoms with Crippen molar-refractivity contribution in [1.29, 1.82) is 0 Å². The highest BCUT2D eigenvalue weighted by Crippen LogP contribution is 2.46. The first-order valence-corrected chi connectivity index (χ1v) is 10.3. The van der Waals surface area contributed by atoms with Crippen molar-refractivity contribution in [3.63, 3.8) is 0 Å². The molecule has 0 radical (unpaired) electrons. The number of hydrogen-bond acceptors (Lipinski definition) is 8. The summed E-state index contributed by atoms with van der Waals surface area (Å²) in [6, 6.07) is 4.27. The number of ether oxygens (including phenoxy) is 1. The Morgan fingerprint density at radius 2 is 2.04 bits per heavy atom. The third-order valence-electron chi connectivity index (χ3n) is 5.58. The van der Waals surface area contributed by atoms with Crippen LogP contribution in [0.4, 0.5) is 11.8 Å². The lowest BCUT2D eigenvalue weighted by Crippen LogP contribution is -2.46. The minimum atomic E-state index is -0.214. The highest BCUT2D eigenvalue weighted by Gasteiger charge is 2.42. The van der Waals surface area contributed by atoms with Crippen LogP contribution in [-0.4, -0.2) is 39.6 Å². The molecular weight excluding hydrogens is 372 g/mol. The predicted molar refractivity (Wildman–Crippen MR) is 109 cm³/mol. The Bertz CT molecular complexity index is 977. The number of piperidine rings is 1. The predicted octanol–water partition coefficient (Wildman–Crippen LogP) is 2.95. The fraction of sp³-hybridized carbons (Fsp3) is 0.400. The molecule has 5 rings (SSSR count). The van der Waals surface area contributed by atoms with Crippen LogP contribution >= 0.6 is 11.3 Å². The van der Waals surface area contributed by atoms with Gasteiger partial charge >= 0.3 is 0 Å². The summed E-state index contributed by atoms with van der Waals surface area (Å²) in [5.74, 6) is 1.24. The van der Waals surface area contributed by atoms with Gasteiger partial charge in [-0.2, -0.15) is 4.98 Å². The summed E-state index contributed by atoms with van der Waals surface area (Å²) >= 11 is 1.82. The van der Waals surface area contributed by atoms with E-state index in [0.29, 0.717) is 5.95 Å². The summed E-state index contributed by atoms with van der Waals surface area (Å²) in [6.07, 6.45) is 8.11. The van der Waals surface area contributed by atoms with E-state index in [1.54, 1.807) is 12.4 Å². The lowest BCUT2D eigenvalue weighted by atomic mass is 9.82. The zero-order chi connectivity index (χ0) is 19.1. The van der Waals surface area contributed by atoms with Crippen molar-refractivity contribution in [3.05, 3.63) is 46.9 Å². The number of aryl methyl sites for hydroxylation is 1. The van der Waals surface area contributed by atoms with Gasteiger partial charge in [-0.15, -0.1) is 11.3 Å². The molecule has 1 fully saturated rings. The number of rotatable bonds is 2. The Morgan fingerprint density at radius 3 is 2.79 bits per heavy atom. The molecule has 5 heterocycles. The Kier molecular flexibility index (Phi) is 4.25. The maximum atomic E-state index is 6.40. The number of fused-ring (bicyclic) bond motifs is 2. The molecule has 0 aromatic carbocycles. The number of thiophene rings is 1. The molecule has 3 aromatic rings. The summed E-state index contributed by atoms with van der Waals surface area (Å²) in [4.78, 5) is 22.1. The molecule has 0 bridgehead atoms. The lowest BCUT2D eigenvalue weighted by molar-refractivity contribution is -0.0757. The standard InChI is InChI=1S/C20H22N6OS/c1-13-10-18(25-19(21)24-13)26-7-3-20(4-8-26)14-11-17(15-12-22-5-6-23-15)28-16(14)2-9-27-20/h5-6,10-12H,2-4,7-9H2,1H3,(H2,21,24,25). The van der Waals surface area contributed by atoms with Gasteiger partial charge in [-0.1, -0.05) is 0 Å². The van der Waals surface area contributed by atoms with Gasteiger partial charge < -0.3 is 15.4 Å². The van der Waals surface area contributed by atoms with Crippen molar-refractivity contribution in [3.8, 4) is 10.6 Å². The molecule has 0 amide bonds. The Morgan fingerprint density at radius 1 is 1.18 bits per heavy atom. The van der Waals surface area contributed by atoms with Gasteiger partial charge in [0, 0.05) is 48.5 Å². The average molecular weight is 395 g/mol. The van der Waals surface area contributed by atoms with Gasteiger partial charge in [0.15, 0.2) is 0 Å². The van der Waals surface area contributed by atoms with Crippen LogP contribution in [0.2, 0.25) is 0 Å². The Hall–Kier alpha value is -2.58. The summed E-state index contributed by atoms with van der Waals surface area (Å²) in [5, 5.41) is 0. The molecule has 1 spiro atoms. The first-order valence-electron chi connectivity index (χ1n) is 9.53. The molecule has 2 aliphatic heterocycles. The number of nitrogen functional groups attached to an aromatic ring is 1. The van der Waals surface area contributed by atoms with Crippen LogP contribution in [0.5, 0.6) is 0 Å². The third-order valence-corrected chi connectivity index (χ3v) is 6.79. The summed E-state index contributed by atoms with van der Waals surface area (Å²) < 4.78 is 6.40. The minimum Gasteiger partial charge on any atom is -0.370 e. The number of hydrogen-bond donors (Lipinski definition) is 1. The van der Waals surface area contributed by atoms with Crippen molar-refractivity contribution in [1.82, 2.24) is 19.9 Å². The second kappa shape index (κ2) is 6.79. The maximum Gasteiger partial charge on any atom is 0.222 e. The van der Waals surface area contributed by atoms with Crippen LogP contribution < -0.4 is 10.6 Å². The normalized spacial score (nSPS) is 18.2. The van der Waals surface area contributed by atoms with Crippen molar-refractivity contribution in [2.24, 2.45) is 0 Å². The smallest absolute Gasteiger partial charge is 0.222 e. The molecule has 2 N–H and O–H groups in total. The number of aromatic nitrogens is 4. The van der Waals surface area contributed by atoms with Crippen LogP contribution in [0, 0.1) is 6.92 Å². The third kappa shape index (κ3) is 3.02. The molecule has 0 unspecified atom stereocenters. The fourth-order valence-corrected chi connectivity index (χ4v) is 5.41. The highest BCUT2D eigenvalue weighted by atomic mass is 32.1. The van der Waals surface area contributed by atoms with E-state index in [1.165, 1.54) is 15.3 Å². The van der Waals surface area contributed by atoms with Gasteiger partial charge in [0.25, 0.3) is 0 Å². The zero-order valence-electron chi connectivity index (χ0n) is 15.8. The fourth-order valence-electron chi connectivity index (χ4n) is 4.22. The number of anilines is 2. The van der Waals surface area contributed by atoms with Gasteiger partial charge in [-0.25, -0.2) is 4.98 Å². The van der Waals surface area contributed by atoms with Gasteiger partial charge in [-0.3, -0.25) is 9.97 Å². The van der Waals surface area contributed by atoms with E-state index in [1.807, 2.05) is 30.5 Å². The molecule has 3 aromatic heterocycles. The van der Waals surface area contributed by atoms with E-state index < -0.39 is 0 Å². The topological polar surface area (TPSA) is 90.0 Å². The van der Waals surface area contributed by atoms with Gasteiger partial charge in [-0.05, 0) is 31.4 Å². The quantitative estimate of drug-likeness (QED) is 0.714.